The molecule has 1 atom stereocenters. The molecule has 4 rings (SSSR count). The maximum Gasteiger partial charge on any atom is 0.343 e. The van der Waals surface area contributed by atoms with E-state index < -0.39 is 11.5 Å². The highest BCUT2D eigenvalue weighted by Gasteiger charge is 2.29. The monoisotopic (exact) mass is 493 g/mol. The molecule has 188 valence electrons. The lowest BCUT2D eigenvalue weighted by molar-refractivity contribution is -0.121. The molecule has 2 heterocycles. The van der Waals surface area contributed by atoms with E-state index in [-0.39, 0.29) is 29.2 Å². The number of methoxy groups -OCH3 is 3. The number of amides is 1. The molecule has 2 aromatic carbocycles. The second-order valence-electron chi connectivity index (χ2n) is 8.04. The zero-order valence-electron chi connectivity index (χ0n) is 20.2. The van der Waals surface area contributed by atoms with Gasteiger partial charge in [-0.3, -0.25) is 4.79 Å². The number of hydrogen-bond acceptors (Lipinski definition) is 8. The molecule has 0 spiro atoms. The number of carbonyl (C=O) groups excluding carboxylic acids is 1. The summed E-state index contributed by atoms with van der Waals surface area (Å²) in [5.74, 6) is -0.374. The van der Waals surface area contributed by atoms with Crippen LogP contribution in [0.2, 0.25) is 0 Å². The van der Waals surface area contributed by atoms with Gasteiger partial charge in [0.25, 0.3) is 0 Å². The van der Waals surface area contributed by atoms with E-state index in [9.17, 15) is 14.7 Å². The van der Waals surface area contributed by atoms with Crippen molar-refractivity contribution in [3.05, 3.63) is 76.2 Å². The van der Waals surface area contributed by atoms with E-state index in [0.29, 0.717) is 41.2 Å². The fourth-order valence-electron chi connectivity index (χ4n) is 4.16. The molecule has 0 radical (unpaired) electrons. The number of carbonyl (C=O) groups is 1. The lowest BCUT2D eigenvalue weighted by Gasteiger charge is -2.21. The summed E-state index contributed by atoms with van der Waals surface area (Å²) in [7, 11) is 4.43. The number of aromatic hydroxyl groups is 1. The molecule has 0 saturated carbocycles. The fraction of sp³-hybridized carbons (Fsp3) is 0.269. The number of nitrogens with one attached hydrogen (secondary N) is 2. The van der Waals surface area contributed by atoms with Crippen LogP contribution in [0.4, 0.5) is 0 Å². The Balaban J connectivity index is 1.77. The van der Waals surface area contributed by atoms with E-state index in [4.69, 9.17) is 18.6 Å². The SMILES string of the molecule is COc1cc([C@H](CC(=O)NCCc2cnc[nH]2)c2c(O)c3ccccc3oc2=O)cc(OC)c1OC. The predicted octanol–water partition coefficient (Wildman–Crippen LogP) is 3.13. The van der Waals surface area contributed by atoms with Gasteiger partial charge in [-0.05, 0) is 29.8 Å². The van der Waals surface area contributed by atoms with Crippen LogP contribution in [0, 0.1) is 0 Å². The Kier molecular flexibility index (Phi) is 7.43. The van der Waals surface area contributed by atoms with Gasteiger partial charge in [-0.2, -0.15) is 0 Å². The molecule has 0 aliphatic carbocycles. The summed E-state index contributed by atoms with van der Waals surface area (Å²) < 4.78 is 21.8. The highest BCUT2D eigenvalue weighted by atomic mass is 16.5. The first kappa shape index (κ1) is 24.6. The summed E-state index contributed by atoms with van der Waals surface area (Å²) in [6.45, 7) is 0.362. The van der Waals surface area contributed by atoms with Crippen LogP contribution < -0.4 is 25.2 Å². The topological polar surface area (TPSA) is 136 Å². The Hall–Kier alpha value is -4.47. The molecule has 1 amide bonds. The molecule has 0 aliphatic heterocycles. The largest absolute Gasteiger partial charge is 0.507 e. The zero-order valence-corrected chi connectivity index (χ0v) is 20.2. The predicted molar refractivity (Wildman–Crippen MR) is 132 cm³/mol. The standard InChI is InChI=1S/C26H27N3O7/c1-33-20-10-15(11-21(34-2)25(20)35-3)18(12-22(30)28-9-8-16-13-27-14-29-16)23-24(31)17-6-4-5-7-19(17)36-26(23)32/h4-7,10-11,13-14,18,31H,8-9,12H2,1-3H3,(H,27,29)(H,28,30)/t18-/m0/s1. The van der Waals surface area contributed by atoms with Gasteiger partial charge >= 0.3 is 5.63 Å². The van der Waals surface area contributed by atoms with Crippen LogP contribution >= 0.6 is 0 Å². The number of ether oxygens (including phenoxy) is 3. The van der Waals surface area contributed by atoms with Crippen molar-refractivity contribution in [2.24, 2.45) is 0 Å². The molecule has 0 aliphatic rings. The van der Waals surface area contributed by atoms with Crippen molar-refractivity contribution >= 4 is 16.9 Å². The number of hydrogen-bond donors (Lipinski definition) is 3. The van der Waals surface area contributed by atoms with E-state index in [2.05, 4.69) is 15.3 Å². The van der Waals surface area contributed by atoms with E-state index in [1.807, 2.05) is 0 Å². The molecule has 10 nitrogen and oxygen atoms in total. The van der Waals surface area contributed by atoms with Crippen molar-refractivity contribution in [1.82, 2.24) is 15.3 Å². The lowest BCUT2D eigenvalue weighted by Crippen LogP contribution is -2.28. The Bertz CT molecular complexity index is 1390. The van der Waals surface area contributed by atoms with E-state index in [0.717, 1.165) is 5.69 Å². The highest BCUT2D eigenvalue weighted by molar-refractivity contribution is 5.85. The molecule has 2 aromatic heterocycles. The summed E-state index contributed by atoms with van der Waals surface area (Å²) in [4.78, 5) is 33.0. The quantitative estimate of drug-likeness (QED) is 0.287. The van der Waals surface area contributed by atoms with Gasteiger partial charge in [0, 0.05) is 37.2 Å². The average Bonchev–Trinajstić information content (AvgIpc) is 3.40. The number of rotatable bonds is 10. The lowest BCUT2D eigenvalue weighted by atomic mass is 9.87. The number of imidazole rings is 1. The van der Waals surface area contributed by atoms with Gasteiger partial charge in [0.1, 0.15) is 11.3 Å². The van der Waals surface area contributed by atoms with Gasteiger partial charge in [0.15, 0.2) is 11.5 Å². The Labute approximate surface area is 206 Å². The van der Waals surface area contributed by atoms with Crippen molar-refractivity contribution in [2.75, 3.05) is 27.9 Å². The molecule has 3 N–H and O–H groups in total. The molecular weight excluding hydrogens is 466 g/mol. The van der Waals surface area contributed by atoms with Gasteiger partial charge in [-0.25, -0.2) is 9.78 Å². The minimum absolute atomic E-state index is 0.0355. The van der Waals surface area contributed by atoms with Crippen LogP contribution in [-0.2, 0) is 11.2 Å². The average molecular weight is 494 g/mol. The summed E-state index contributed by atoms with van der Waals surface area (Å²) in [5.41, 5.74) is 0.855. The second-order valence-corrected chi connectivity index (χ2v) is 8.04. The Morgan fingerprint density at radius 3 is 2.50 bits per heavy atom. The Morgan fingerprint density at radius 2 is 1.86 bits per heavy atom. The first-order chi connectivity index (χ1) is 17.5. The molecule has 0 bridgehead atoms. The van der Waals surface area contributed by atoms with Gasteiger partial charge < -0.3 is 34.0 Å². The van der Waals surface area contributed by atoms with Crippen molar-refractivity contribution in [1.29, 1.82) is 0 Å². The van der Waals surface area contributed by atoms with Gasteiger partial charge in [0.05, 0.1) is 38.6 Å². The van der Waals surface area contributed by atoms with E-state index in [1.54, 1.807) is 48.9 Å². The maximum absolute atomic E-state index is 13.1. The number of fused-ring (bicyclic) bond motifs is 1. The minimum atomic E-state index is -0.869. The number of para-hydroxylation sites is 1. The van der Waals surface area contributed by atoms with Gasteiger partial charge in [-0.15, -0.1) is 0 Å². The maximum atomic E-state index is 13.1. The smallest absolute Gasteiger partial charge is 0.343 e. The van der Waals surface area contributed by atoms with Gasteiger partial charge in [0.2, 0.25) is 11.7 Å². The van der Waals surface area contributed by atoms with E-state index in [1.165, 1.54) is 21.3 Å². The molecule has 0 unspecified atom stereocenters. The van der Waals surface area contributed by atoms with Crippen LogP contribution in [-0.4, -0.2) is 48.9 Å². The zero-order chi connectivity index (χ0) is 25.7. The minimum Gasteiger partial charge on any atom is -0.507 e. The first-order valence-corrected chi connectivity index (χ1v) is 11.2. The molecule has 36 heavy (non-hydrogen) atoms. The third kappa shape index (κ3) is 4.97. The van der Waals surface area contributed by atoms with Gasteiger partial charge in [-0.1, -0.05) is 12.1 Å². The van der Waals surface area contributed by atoms with Crippen LogP contribution in [0.5, 0.6) is 23.0 Å². The van der Waals surface area contributed by atoms with Crippen molar-refractivity contribution in [3.8, 4) is 23.0 Å². The third-order valence-corrected chi connectivity index (χ3v) is 5.92. The van der Waals surface area contributed by atoms with Crippen molar-refractivity contribution in [2.45, 2.75) is 18.8 Å². The highest BCUT2D eigenvalue weighted by Crippen LogP contribution is 2.43. The molecule has 0 fully saturated rings. The molecule has 4 aromatic rings. The van der Waals surface area contributed by atoms with Crippen molar-refractivity contribution in [3.63, 3.8) is 0 Å². The Morgan fingerprint density at radius 1 is 1.14 bits per heavy atom. The van der Waals surface area contributed by atoms with Crippen molar-refractivity contribution < 1.29 is 28.5 Å². The second kappa shape index (κ2) is 10.9. The third-order valence-electron chi connectivity index (χ3n) is 5.92. The summed E-state index contributed by atoms with van der Waals surface area (Å²) in [5, 5.41) is 14.4. The number of benzene rings is 2. The molecule has 0 saturated heterocycles. The molecule has 10 heteroatoms. The number of aromatic nitrogens is 2. The summed E-state index contributed by atoms with van der Waals surface area (Å²) >= 11 is 0. The number of H-pyrrole nitrogens is 1. The number of aromatic amines is 1. The van der Waals surface area contributed by atoms with Crippen LogP contribution in [0.3, 0.4) is 0 Å². The number of nitrogens with zero attached hydrogens (tertiary/aromatic N) is 1. The van der Waals surface area contributed by atoms with Crippen LogP contribution in [0.25, 0.3) is 11.0 Å². The van der Waals surface area contributed by atoms with Crippen LogP contribution in [0.1, 0.15) is 29.2 Å². The summed E-state index contributed by atoms with van der Waals surface area (Å²) in [6.07, 6.45) is 3.67. The fourth-order valence-corrected chi connectivity index (χ4v) is 4.16. The van der Waals surface area contributed by atoms with E-state index >= 15 is 0 Å². The molecular formula is C26H27N3O7. The summed E-state index contributed by atoms with van der Waals surface area (Å²) in [6, 6.07) is 9.97. The van der Waals surface area contributed by atoms with Crippen LogP contribution in [0.15, 0.2) is 58.1 Å². The normalized spacial score (nSPS) is 11.8. The first-order valence-electron chi connectivity index (χ1n) is 11.2.